The fraction of sp³-hybridized carbons (Fsp3) is 0.350. The van der Waals surface area contributed by atoms with Gasteiger partial charge in [0, 0.05) is 13.1 Å². The van der Waals surface area contributed by atoms with Crippen LogP contribution in [-0.4, -0.2) is 41.2 Å². The number of rotatable bonds is 6. The number of hydrogen-bond donors (Lipinski definition) is 2. The summed E-state index contributed by atoms with van der Waals surface area (Å²) in [6.45, 7) is 3.11. The number of aliphatic hydroxyl groups excluding tert-OH is 1. The Morgan fingerprint density at radius 3 is 2.76 bits per heavy atom. The summed E-state index contributed by atoms with van der Waals surface area (Å²) in [5.41, 5.74) is 9.00. The summed E-state index contributed by atoms with van der Waals surface area (Å²) in [7, 11) is 0. The van der Waals surface area contributed by atoms with Gasteiger partial charge in [-0.3, -0.25) is 9.69 Å². The Morgan fingerprint density at radius 1 is 1.28 bits per heavy atom. The van der Waals surface area contributed by atoms with Crippen LogP contribution in [0.3, 0.4) is 0 Å². The highest BCUT2D eigenvalue weighted by atomic mass is 16.5. The zero-order valence-corrected chi connectivity index (χ0v) is 14.4. The first kappa shape index (κ1) is 17.5. The zero-order valence-electron chi connectivity index (χ0n) is 14.4. The minimum absolute atomic E-state index is 0.174. The van der Waals surface area contributed by atoms with E-state index in [9.17, 15) is 9.90 Å². The third kappa shape index (κ3) is 4.38. The lowest BCUT2D eigenvalue weighted by Gasteiger charge is -2.36. The number of primary amides is 1. The molecule has 3 N–H and O–H groups in total. The summed E-state index contributed by atoms with van der Waals surface area (Å²) in [4.78, 5) is 13.8. The van der Waals surface area contributed by atoms with Crippen LogP contribution >= 0.6 is 0 Å². The molecule has 3 rings (SSSR count). The van der Waals surface area contributed by atoms with E-state index in [2.05, 4.69) is 6.07 Å². The molecule has 1 amide bonds. The first-order valence-electron chi connectivity index (χ1n) is 8.50. The van der Waals surface area contributed by atoms with Crippen LogP contribution in [0.25, 0.3) is 0 Å². The van der Waals surface area contributed by atoms with Crippen molar-refractivity contribution in [3.8, 4) is 5.75 Å². The van der Waals surface area contributed by atoms with Crippen LogP contribution in [0, 0.1) is 6.92 Å². The largest absolute Gasteiger partial charge is 0.491 e. The van der Waals surface area contributed by atoms with Crippen molar-refractivity contribution in [3.63, 3.8) is 0 Å². The van der Waals surface area contributed by atoms with Gasteiger partial charge in [-0.1, -0.05) is 36.4 Å². The maximum absolute atomic E-state index is 11.8. The van der Waals surface area contributed by atoms with Crippen LogP contribution < -0.4 is 10.5 Å². The van der Waals surface area contributed by atoms with Crippen LogP contribution in [0.1, 0.15) is 16.7 Å². The van der Waals surface area contributed by atoms with Gasteiger partial charge in [0.1, 0.15) is 18.5 Å². The van der Waals surface area contributed by atoms with Gasteiger partial charge in [-0.2, -0.15) is 0 Å². The number of fused-ring (bicyclic) bond motifs is 1. The molecule has 5 heteroatoms. The van der Waals surface area contributed by atoms with Gasteiger partial charge in [-0.15, -0.1) is 0 Å². The molecule has 0 aromatic heterocycles. The number of carbonyl (C=O) groups excluding carboxylic acids is 1. The number of amides is 1. The standard InChI is InChI=1S/C20H24N2O3/c1-14-5-4-8-18(9-14)25-13-17(23)12-22-11-16-7-3-2-6-15(16)10-19(22)20(21)24/h2-9,17,19,23H,10-13H2,1H3,(H2,21,24)/t17?,19-/m0/s1. The fourth-order valence-corrected chi connectivity index (χ4v) is 3.27. The van der Waals surface area contributed by atoms with Crippen LogP contribution in [-0.2, 0) is 17.8 Å². The van der Waals surface area contributed by atoms with Gasteiger partial charge in [0.15, 0.2) is 0 Å². The Bertz CT molecular complexity index is 747. The number of ether oxygens (including phenoxy) is 1. The van der Waals surface area contributed by atoms with Crippen molar-refractivity contribution in [2.75, 3.05) is 13.2 Å². The molecule has 0 fully saturated rings. The monoisotopic (exact) mass is 340 g/mol. The number of aryl methyl sites for hydroxylation is 1. The van der Waals surface area contributed by atoms with E-state index < -0.39 is 12.1 Å². The second-order valence-corrected chi connectivity index (χ2v) is 6.60. The minimum Gasteiger partial charge on any atom is -0.491 e. The average molecular weight is 340 g/mol. The smallest absolute Gasteiger partial charge is 0.235 e. The Labute approximate surface area is 148 Å². The van der Waals surface area contributed by atoms with Gasteiger partial charge in [0.2, 0.25) is 5.91 Å². The number of hydrogen-bond acceptors (Lipinski definition) is 4. The summed E-state index contributed by atoms with van der Waals surface area (Å²) in [6.07, 6.45) is -0.121. The molecule has 1 aliphatic rings. The third-order valence-corrected chi connectivity index (χ3v) is 4.55. The summed E-state index contributed by atoms with van der Waals surface area (Å²) >= 11 is 0. The summed E-state index contributed by atoms with van der Waals surface area (Å²) < 4.78 is 5.66. The van der Waals surface area contributed by atoms with Crippen molar-refractivity contribution < 1.29 is 14.6 Å². The number of nitrogens with zero attached hydrogens (tertiary/aromatic N) is 1. The minimum atomic E-state index is -0.701. The van der Waals surface area contributed by atoms with Crippen molar-refractivity contribution in [2.24, 2.45) is 5.73 Å². The van der Waals surface area contributed by atoms with Gasteiger partial charge in [0.25, 0.3) is 0 Å². The maximum Gasteiger partial charge on any atom is 0.235 e. The average Bonchev–Trinajstić information content (AvgIpc) is 2.59. The molecule has 1 heterocycles. The molecule has 0 radical (unpaired) electrons. The van der Waals surface area contributed by atoms with Gasteiger partial charge >= 0.3 is 0 Å². The molecule has 5 nitrogen and oxygen atoms in total. The van der Waals surface area contributed by atoms with E-state index in [0.717, 1.165) is 16.9 Å². The number of carbonyl (C=O) groups is 1. The molecular formula is C20H24N2O3. The van der Waals surface area contributed by atoms with Crippen molar-refractivity contribution in [2.45, 2.75) is 32.0 Å². The molecule has 132 valence electrons. The fourth-order valence-electron chi connectivity index (χ4n) is 3.27. The predicted octanol–water partition coefficient (Wildman–Crippen LogP) is 1.65. The molecule has 0 bridgehead atoms. The Kier molecular flexibility index (Phi) is 5.36. The molecule has 2 atom stereocenters. The van der Waals surface area contributed by atoms with Gasteiger partial charge in [-0.05, 0) is 42.2 Å². The molecule has 25 heavy (non-hydrogen) atoms. The quantitative estimate of drug-likeness (QED) is 0.838. The van der Waals surface area contributed by atoms with Crippen molar-refractivity contribution in [3.05, 3.63) is 65.2 Å². The molecule has 0 spiro atoms. The molecule has 0 aliphatic carbocycles. The summed E-state index contributed by atoms with van der Waals surface area (Å²) in [6, 6.07) is 15.3. The van der Waals surface area contributed by atoms with E-state index in [1.165, 1.54) is 5.56 Å². The molecule has 0 saturated carbocycles. The number of benzene rings is 2. The van der Waals surface area contributed by atoms with E-state index in [1.54, 1.807) is 0 Å². The number of β-amino-alcohol motifs (C(OH)–C–C–N with tert-alkyl or cyclic N) is 1. The highest BCUT2D eigenvalue weighted by molar-refractivity contribution is 5.80. The number of aliphatic hydroxyl groups is 1. The van der Waals surface area contributed by atoms with Crippen LogP contribution in [0.15, 0.2) is 48.5 Å². The Balaban J connectivity index is 1.62. The van der Waals surface area contributed by atoms with Crippen LogP contribution in [0.5, 0.6) is 5.75 Å². The molecule has 1 unspecified atom stereocenters. The second kappa shape index (κ2) is 7.68. The first-order chi connectivity index (χ1) is 12.0. The molecule has 0 saturated heterocycles. The highest BCUT2D eigenvalue weighted by Gasteiger charge is 2.31. The van der Waals surface area contributed by atoms with E-state index in [4.69, 9.17) is 10.5 Å². The van der Waals surface area contributed by atoms with Crippen molar-refractivity contribution in [1.82, 2.24) is 4.90 Å². The van der Waals surface area contributed by atoms with E-state index in [1.807, 2.05) is 54.3 Å². The SMILES string of the molecule is Cc1cccc(OCC(O)CN2Cc3ccccc3C[C@H]2C(N)=O)c1. The van der Waals surface area contributed by atoms with Gasteiger partial charge in [-0.25, -0.2) is 0 Å². The Hall–Kier alpha value is -2.37. The highest BCUT2D eigenvalue weighted by Crippen LogP contribution is 2.23. The summed E-state index contributed by atoms with van der Waals surface area (Å²) in [5.74, 6) is 0.371. The van der Waals surface area contributed by atoms with Crippen LogP contribution in [0.2, 0.25) is 0 Å². The summed E-state index contributed by atoms with van der Waals surface area (Å²) in [5, 5.41) is 10.4. The molecular weight excluding hydrogens is 316 g/mol. The molecule has 1 aliphatic heterocycles. The normalized spacial score (nSPS) is 18.4. The van der Waals surface area contributed by atoms with Crippen molar-refractivity contribution >= 4 is 5.91 Å². The Morgan fingerprint density at radius 2 is 2.04 bits per heavy atom. The third-order valence-electron chi connectivity index (χ3n) is 4.55. The molecule has 2 aromatic carbocycles. The van der Waals surface area contributed by atoms with E-state index in [0.29, 0.717) is 19.5 Å². The zero-order chi connectivity index (χ0) is 17.8. The lowest BCUT2D eigenvalue weighted by molar-refractivity contribution is -0.124. The maximum atomic E-state index is 11.8. The van der Waals surface area contributed by atoms with Crippen LogP contribution in [0.4, 0.5) is 0 Å². The molecule has 2 aromatic rings. The first-order valence-corrected chi connectivity index (χ1v) is 8.50. The lowest BCUT2D eigenvalue weighted by atomic mass is 9.93. The topological polar surface area (TPSA) is 75.8 Å². The van der Waals surface area contributed by atoms with E-state index >= 15 is 0 Å². The second-order valence-electron chi connectivity index (χ2n) is 6.60. The van der Waals surface area contributed by atoms with Gasteiger partial charge < -0.3 is 15.6 Å². The lowest BCUT2D eigenvalue weighted by Crippen LogP contribution is -2.51. The number of nitrogens with two attached hydrogens (primary N) is 1. The van der Waals surface area contributed by atoms with Crippen molar-refractivity contribution in [1.29, 1.82) is 0 Å². The van der Waals surface area contributed by atoms with E-state index in [-0.39, 0.29) is 12.5 Å². The van der Waals surface area contributed by atoms with Gasteiger partial charge in [0.05, 0.1) is 6.04 Å². The predicted molar refractivity (Wildman–Crippen MR) is 96.2 cm³/mol.